The fraction of sp³-hybridized carbons (Fsp3) is 0.818. The largest absolute Gasteiger partial charge is 0.409 e. The van der Waals surface area contributed by atoms with Crippen LogP contribution in [0.2, 0.25) is 0 Å². The molecule has 5 heteroatoms. The Bertz CT molecular complexity index is 246. The first-order chi connectivity index (χ1) is 7.72. The summed E-state index contributed by atoms with van der Waals surface area (Å²) in [5.41, 5.74) is 5.26. The van der Waals surface area contributed by atoms with Gasteiger partial charge in [0.15, 0.2) is 5.84 Å². The molecule has 0 unspecified atom stereocenters. The zero-order valence-electron chi connectivity index (χ0n) is 9.61. The molecule has 0 aromatic carbocycles. The molecule has 92 valence electrons. The summed E-state index contributed by atoms with van der Waals surface area (Å²) in [7, 11) is 0. The molecule has 0 spiro atoms. The molecule has 0 bridgehead atoms. The molecular formula is C11H21N3O2. The molecule has 0 aliphatic heterocycles. The van der Waals surface area contributed by atoms with Crippen LogP contribution in [0.1, 0.15) is 44.9 Å². The molecule has 16 heavy (non-hydrogen) atoms. The summed E-state index contributed by atoms with van der Waals surface area (Å²) in [5, 5.41) is 13.8. The minimum Gasteiger partial charge on any atom is -0.409 e. The Morgan fingerprint density at radius 3 is 2.50 bits per heavy atom. The van der Waals surface area contributed by atoms with Gasteiger partial charge in [0, 0.05) is 6.42 Å². The highest BCUT2D eigenvalue weighted by atomic mass is 16.4. The van der Waals surface area contributed by atoms with Crippen LogP contribution >= 0.6 is 0 Å². The van der Waals surface area contributed by atoms with Gasteiger partial charge in [0.2, 0.25) is 5.91 Å². The summed E-state index contributed by atoms with van der Waals surface area (Å²) in [6.07, 6.45) is 7.92. The van der Waals surface area contributed by atoms with Crippen LogP contribution in [0, 0.1) is 5.92 Å². The van der Waals surface area contributed by atoms with Crippen molar-refractivity contribution in [2.45, 2.75) is 44.9 Å². The first kappa shape index (κ1) is 12.8. The van der Waals surface area contributed by atoms with Crippen LogP contribution < -0.4 is 11.1 Å². The summed E-state index contributed by atoms with van der Waals surface area (Å²) in [6, 6.07) is 0. The number of carbonyl (C=O) groups excluding carboxylic acids is 1. The first-order valence-corrected chi connectivity index (χ1v) is 5.95. The summed E-state index contributed by atoms with van der Waals surface area (Å²) in [5.74, 6) is 0.544. The van der Waals surface area contributed by atoms with E-state index in [0.717, 1.165) is 12.8 Å². The van der Waals surface area contributed by atoms with E-state index >= 15 is 0 Å². The number of nitrogens with one attached hydrogen (secondary N) is 1. The van der Waals surface area contributed by atoms with Gasteiger partial charge < -0.3 is 16.3 Å². The molecule has 5 nitrogen and oxygen atoms in total. The van der Waals surface area contributed by atoms with E-state index in [9.17, 15) is 4.79 Å². The molecule has 1 aliphatic carbocycles. The Hall–Kier alpha value is -1.26. The number of oxime groups is 1. The highest BCUT2D eigenvalue weighted by Gasteiger charge is 2.15. The van der Waals surface area contributed by atoms with Crippen molar-refractivity contribution in [3.8, 4) is 0 Å². The van der Waals surface area contributed by atoms with E-state index in [4.69, 9.17) is 10.9 Å². The summed E-state index contributed by atoms with van der Waals surface area (Å²) >= 11 is 0. The van der Waals surface area contributed by atoms with Crippen LogP contribution in [0.15, 0.2) is 5.16 Å². The number of amides is 1. The van der Waals surface area contributed by atoms with Crippen LogP contribution in [-0.4, -0.2) is 23.5 Å². The van der Waals surface area contributed by atoms with E-state index in [1.54, 1.807) is 0 Å². The molecule has 0 atom stereocenters. The van der Waals surface area contributed by atoms with Crippen LogP contribution in [-0.2, 0) is 4.79 Å². The number of hydrogen-bond donors (Lipinski definition) is 3. The van der Waals surface area contributed by atoms with Gasteiger partial charge in [-0.1, -0.05) is 30.8 Å². The van der Waals surface area contributed by atoms with E-state index in [0.29, 0.717) is 12.3 Å². The van der Waals surface area contributed by atoms with Crippen molar-refractivity contribution in [2.75, 3.05) is 6.54 Å². The summed E-state index contributed by atoms with van der Waals surface area (Å²) in [6.45, 7) is 0.127. The summed E-state index contributed by atoms with van der Waals surface area (Å²) in [4.78, 5) is 11.5. The number of carbonyl (C=O) groups is 1. The topological polar surface area (TPSA) is 87.7 Å². The lowest BCUT2D eigenvalue weighted by molar-refractivity contribution is -0.121. The van der Waals surface area contributed by atoms with Crippen molar-refractivity contribution >= 4 is 11.7 Å². The van der Waals surface area contributed by atoms with Crippen LogP contribution in [0.4, 0.5) is 0 Å². The van der Waals surface area contributed by atoms with Gasteiger partial charge in [-0.15, -0.1) is 0 Å². The van der Waals surface area contributed by atoms with Crippen molar-refractivity contribution < 1.29 is 10.0 Å². The maximum atomic E-state index is 11.5. The number of rotatable bonds is 4. The van der Waals surface area contributed by atoms with Crippen molar-refractivity contribution in [1.29, 1.82) is 0 Å². The molecule has 1 amide bonds. The van der Waals surface area contributed by atoms with Gasteiger partial charge in [0.25, 0.3) is 0 Å². The van der Waals surface area contributed by atoms with Crippen molar-refractivity contribution in [3.05, 3.63) is 0 Å². The fourth-order valence-corrected chi connectivity index (χ4v) is 2.13. The molecule has 1 rings (SSSR count). The Kier molecular flexibility index (Phi) is 5.67. The zero-order valence-corrected chi connectivity index (χ0v) is 9.61. The van der Waals surface area contributed by atoms with E-state index in [1.807, 2.05) is 0 Å². The first-order valence-electron chi connectivity index (χ1n) is 5.95. The predicted molar refractivity (Wildman–Crippen MR) is 62.2 cm³/mol. The lowest BCUT2D eigenvalue weighted by Crippen LogP contribution is -2.34. The molecule has 1 fully saturated rings. The summed E-state index contributed by atoms with van der Waals surface area (Å²) < 4.78 is 0. The Labute approximate surface area is 96.1 Å². The average molecular weight is 227 g/mol. The molecule has 0 heterocycles. The maximum absolute atomic E-state index is 11.5. The fourth-order valence-electron chi connectivity index (χ4n) is 2.13. The highest BCUT2D eigenvalue weighted by Crippen LogP contribution is 2.25. The second-order valence-corrected chi connectivity index (χ2v) is 4.43. The van der Waals surface area contributed by atoms with E-state index in [2.05, 4.69) is 10.5 Å². The molecule has 1 saturated carbocycles. The highest BCUT2D eigenvalue weighted by molar-refractivity contribution is 5.86. The monoisotopic (exact) mass is 227 g/mol. The van der Waals surface area contributed by atoms with Crippen molar-refractivity contribution in [1.82, 2.24) is 5.32 Å². The van der Waals surface area contributed by atoms with E-state index in [1.165, 1.54) is 25.7 Å². The molecule has 0 radical (unpaired) electrons. The molecule has 0 aromatic rings. The van der Waals surface area contributed by atoms with Gasteiger partial charge >= 0.3 is 0 Å². The minimum atomic E-state index is -0.00139. The normalized spacial score (nSPS) is 19.1. The van der Waals surface area contributed by atoms with Crippen LogP contribution in [0.25, 0.3) is 0 Å². The van der Waals surface area contributed by atoms with Crippen LogP contribution in [0.5, 0.6) is 0 Å². The van der Waals surface area contributed by atoms with Crippen LogP contribution in [0.3, 0.4) is 0 Å². The van der Waals surface area contributed by atoms with Gasteiger partial charge in [0.05, 0.1) is 6.54 Å². The number of nitrogens with zero attached hydrogens (tertiary/aromatic N) is 1. The van der Waals surface area contributed by atoms with E-state index < -0.39 is 0 Å². The molecule has 4 N–H and O–H groups in total. The predicted octanol–water partition coefficient (Wildman–Crippen LogP) is 1.21. The van der Waals surface area contributed by atoms with Gasteiger partial charge in [-0.25, -0.2) is 0 Å². The molecule has 0 aromatic heterocycles. The second kappa shape index (κ2) is 7.09. The third kappa shape index (κ3) is 5.00. The van der Waals surface area contributed by atoms with Crippen molar-refractivity contribution in [2.24, 2.45) is 16.8 Å². The SMILES string of the molecule is NC(CNC(=O)CC1CCCCCC1)=NO. The average Bonchev–Trinajstić information content (AvgIpc) is 2.54. The Morgan fingerprint density at radius 1 is 1.31 bits per heavy atom. The quantitative estimate of drug-likeness (QED) is 0.222. The van der Waals surface area contributed by atoms with Gasteiger partial charge in [-0.2, -0.15) is 0 Å². The lowest BCUT2D eigenvalue weighted by Gasteiger charge is -2.13. The van der Waals surface area contributed by atoms with Gasteiger partial charge in [-0.3, -0.25) is 4.79 Å². The zero-order chi connectivity index (χ0) is 11.8. The maximum Gasteiger partial charge on any atom is 0.220 e. The van der Waals surface area contributed by atoms with E-state index in [-0.39, 0.29) is 18.3 Å². The standard InChI is InChI=1S/C11H21N3O2/c12-10(14-16)8-13-11(15)7-9-5-3-1-2-4-6-9/h9,16H,1-8H2,(H2,12,14)(H,13,15). The second-order valence-electron chi connectivity index (χ2n) is 4.43. The van der Waals surface area contributed by atoms with Crippen molar-refractivity contribution in [3.63, 3.8) is 0 Å². The molecular weight excluding hydrogens is 206 g/mol. The number of amidine groups is 1. The lowest BCUT2D eigenvalue weighted by atomic mass is 9.96. The molecule has 1 aliphatic rings. The Balaban J connectivity index is 2.22. The number of hydrogen-bond acceptors (Lipinski definition) is 3. The third-order valence-corrected chi connectivity index (χ3v) is 3.04. The molecule has 0 saturated heterocycles. The third-order valence-electron chi connectivity index (χ3n) is 3.04. The number of nitrogens with two attached hydrogens (primary N) is 1. The Morgan fingerprint density at radius 2 is 1.94 bits per heavy atom. The van der Waals surface area contributed by atoms with Gasteiger partial charge in [0.1, 0.15) is 0 Å². The smallest absolute Gasteiger partial charge is 0.220 e. The van der Waals surface area contributed by atoms with Gasteiger partial charge in [-0.05, 0) is 18.8 Å². The minimum absolute atomic E-state index is 0.00139.